The number of fused-ring (bicyclic) bond motifs is 3. The summed E-state index contributed by atoms with van der Waals surface area (Å²) in [5.41, 5.74) is 10.6. The number of anilines is 1. The highest BCUT2D eigenvalue weighted by Crippen LogP contribution is 2.36. The largest absolute Gasteiger partial charge is 0.368 e. The summed E-state index contributed by atoms with van der Waals surface area (Å²) in [5, 5.41) is 2.31. The number of aromatic nitrogens is 2. The fraction of sp³-hybridized carbons (Fsp3) is 0.391. The second-order valence-corrected chi connectivity index (χ2v) is 10.6. The Hall–Kier alpha value is -3.02. The number of piperidine rings is 1. The fourth-order valence-electron chi connectivity index (χ4n) is 5.04. The Labute approximate surface area is 197 Å². The van der Waals surface area contributed by atoms with Crippen LogP contribution in [0.25, 0.3) is 11.0 Å². The van der Waals surface area contributed by atoms with Crippen LogP contribution in [0, 0.1) is 5.92 Å². The molecule has 180 valence electrons. The SMILES string of the molecule is CCN1CC[C@H](C(C(N)=O)N2Cc3c(cnc4c3ccn4S(=O)(=O)c3ccccc3)N2)[C@H](F)C1. The first-order valence-corrected chi connectivity index (χ1v) is 12.7. The molecule has 0 saturated carbocycles. The molecule has 0 radical (unpaired) electrons. The summed E-state index contributed by atoms with van der Waals surface area (Å²) in [5.74, 6) is -1.13. The van der Waals surface area contributed by atoms with Gasteiger partial charge in [-0.25, -0.2) is 26.8 Å². The number of carbonyl (C=O) groups excluding carboxylic acids is 1. The van der Waals surface area contributed by atoms with E-state index in [1.807, 2.05) is 11.8 Å². The molecule has 5 rings (SSSR count). The van der Waals surface area contributed by atoms with E-state index in [-0.39, 0.29) is 18.0 Å². The number of nitrogens with two attached hydrogens (primary N) is 1. The number of likely N-dealkylation sites (tertiary alicyclic amines) is 1. The van der Waals surface area contributed by atoms with Gasteiger partial charge in [-0.05, 0) is 37.7 Å². The van der Waals surface area contributed by atoms with Crippen LogP contribution >= 0.6 is 0 Å². The van der Waals surface area contributed by atoms with E-state index in [0.29, 0.717) is 29.7 Å². The lowest BCUT2D eigenvalue weighted by molar-refractivity contribution is -0.127. The van der Waals surface area contributed by atoms with Crippen molar-refractivity contribution in [2.45, 2.75) is 37.0 Å². The lowest BCUT2D eigenvalue weighted by Gasteiger charge is -2.39. The maximum absolute atomic E-state index is 15.0. The summed E-state index contributed by atoms with van der Waals surface area (Å²) in [4.78, 5) is 19.0. The molecule has 1 fully saturated rings. The van der Waals surface area contributed by atoms with Crippen LogP contribution in [-0.4, -0.2) is 65.0 Å². The van der Waals surface area contributed by atoms with Crippen molar-refractivity contribution in [2.75, 3.05) is 25.1 Å². The summed E-state index contributed by atoms with van der Waals surface area (Å²) in [6.07, 6.45) is 2.37. The highest BCUT2D eigenvalue weighted by Gasteiger charge is 2.42. The van der Waals surface area contributed by atoms with Gasteiger partial charge in [0.15, 0.2) is 5.65 Å². The van der Waals surface area contributed by atoms with Gasteiger partial charge in [0, 0.05) is 36.2 Å². The Morgan fingerprint density at radius 3 is 2.74 bits per heavy atom. The monoisotopic (exact) mass is 486 g/mol. The number of hydrogen-bond acceptors (Lipinski definition) is 7. The Morgan fingerprint density at radius 2 is 2.06 bits per heavy atom. The lowest BCUT2D eigenvalue weighted by atomic mass is 9.87. The number of alkyl halides is 1. The van der Waals surface area contributed by atoms with Gasteiger partial charge in [-0.15, -0.1) is 0 Å². The molecule has 1 saturated heterocycles. The number of hydrogen-bond donors (Lipinski definition) is 2. The molecule has 2 aromatic heterocycles. The van der Waals surface area contributed by atoms with E-state index in [2.05, 4.69) is 10.4 Å². The number of nitrogens with zero attached hydrogens (tertiary/aromatic N) is 4. The number of nitrogens with one attached hydrogen (secondary N) is 1. The number of pyridine rings is 1. The van der Waals surface area contributed by atoms with Gasteiger partial charge in [-0.1, -0.05) is 25.1 Å². The van der Waals surface area contributed by atoms with Crippen molar-refractivity contribution in [3.63, 3.8) is 0 Å². The van der Waals surface area contributed by atoms with Gasteiger partial charge in [0.2, 0.25) is 5.91 Å². The van der Waals surface area contributed by atoms with Crippen molar-refractivity contribution in [1.29, 1.82) is 0 Å². The highest BCUT2D eigenvalue weighted by molar-refractivity contribution is 7.90. The maximum Gasteiger partial charge on any atom is 0.269 e. The zero-order valence-electron chi connectivity index (χ0n) is 18.8. The number of hydrazine groups is 1. The van der Waals surface area contributed by atoms with Crippen molar-refractivity contribution < 1.29 is 17.6 Å². The number of rotatable bonds is 6. The quantitative estimate of drug-likeness (QED) is 0.547. The van der Waals surface area contributed by atoms with Crippen LogP contribution in [0.2, 0.25) is 0 Å². The molecule has 2 aliphatic rings. The summed E-state index contributed by atoms with van der Waals surface area (Å²) < 4.78 is 42.5. The van der Waals surface area contributed by atoms with Crippen molar-refractivity contribution in [2.24, 2.45) is 11.7 Å². The molecule has 3 aromatic rings. The van der Waals surface area contributed by atoms with E-state index >= 15 is 4.39 Å². The Bertz CT molecular complexity index is 1330. The summed E-state index contributed by atoms with van der Waals surface area (Å²) in [6, 6.07) is 9.01. The molecule has 4 heterocycles. The topological polar surface area (TPSA) is 114 Å². The van der Waals surface area contributed by atoms with Crippen molar-refractivity contribution in [3.05, 3.63) is 54.4 Å². The first-order valence-electron chi connectivity index (χ1n) is 11.3. The Kier molecular flexibility index (Phi) is 5.78. The van der Waals surface area contributed by atoms with E-state index < -0.39 is 34.1 Å². The average molecular weight is 487 g/mol. The molecule has 9 nitrogen and oxygen atoms in total. The molecule has 1 unspecified atom stereocenters. The first kappa shape index (κ1) is 22.8. The minimum atomic E-state index is -3.82. The van der Waals surface area contributed by atoms with Crippen LogP contribution in [0.5, 0.6) is 0 Å². The molecule has 3 N–H and O–H groups in total. The van der Waals surface area contributed by atoms with Gasteiger partial charge >= 0.3 is 0 Å². The van der Waals surface area contributed by atoms with E-state index in [4.69, 9.17) is 5.73 Å². The van der Waals surface area contributed by atoms with Gasteiger partial charge in [0.1, 0.15) is 12.2 Å². The molecule has 0 spiro atoms. The normalized spacial score (nSPS) is 22.4. The number of carbonyl (C=O) groups is 1. The van der Waals surface area contributed by atoms with Gasteiger partial charge in [0.05, 0.1) is 16.8 Å². The summed E-state index contributed by atoms with van der Waals surface area (Å²) in [7, 11) is -3.82. The molecule has 0 bridgehead atoms. The van der Waals surface area contributed by atoms with E-state index in [0.717, 1.165) is 16.1 Å². The van der Waals surface area contributed by atoms with Crippen molar-refractivity contribution in [1.82, 2.24) is 18.9 Å². The Balaban J connectivity index is 1.46. The van der Waals surface area contributed by atoms with Gasteiger partial charge < -0.3 is 16.1 Å². The van der Waals surface area contributed by atoms with E-state index in [9.17, 15) is 13.2 Å². The van der Waals surface area contributed by atoms with Crippen LogP contribution < -0.4 is 11.2 Å². The molecule has 2 aliphatic heterocycles. The molecule has 1 aromatic carbocycles. The molecule has 1 amide bonds. The number of amides is 1. The number of primary amides is 1. The minimum Gasteiger partial charge on any atom is -0.368 e. The minimum absolute atomic E-state index is 0.163. The van der Waals surface area contributed by atoms with E-state index in [1.54, 1.807) is 35.5 Å². The molecule has 34 heavy (non-hydrogen) atoms. The number of benzene rings is 1. The maximum atomic E-state index is 15.0. The van der Waals surface area contributed by atoms with Crippen LogP contribution in [0.3, 0.4) is 0 Å². The molecular weight excluding hydrogens is 459 g/mol. The van der Waals surface area contributed by atoms with Crippen LogP contribution in [-0.2, 0) is 21.4 Å². The van der Waals surface area contributed by atoms with E-state index in [1.165, 1.54) is 18.3 Å². The first-order chi connectivity index (χ1) is 16.3. The van der Waals surface area contributed by atoms with Crippen LogP contribution in [0.1, 0.15) is 18.9 Å². The lowest BCUT2D eigenvalue weighted by Crippen LogP contribution is -2.56. The van der Waals surface area contributed by atoms with Crippen molar-refractivity contribution in [3.8, 4) is 0 Å². The predicted octanol–water partition coefficient (Wildman–Crippen LogP) is 1.95. The van der Waals surface area contributed by atoms with Crippen molar-refractivity contribution >= 4 is 32.7 Å². The zero-order chi connectivity index (χ0) is 24.0. The zero-order valence-corrected chi connectivity index (χ0v) is 19.6. The summed E-state index contributed by atoms with van der Waals surface area (Å²) in [6.45, 7) is 4.00. The number of halogens is 1. The van der Waals surface area contributed by atoms with Crippen LogP contribution in [0.4, 0.5) is 10.1 Å². The third kappa shape index (κ3) is 3.73. The second-order valence-electron chi connectivity index (χ2n) is 8.77. The fourth-order valence-corrected chi connectivity index (χ4v) is 6.36. The smallest absolute Gasteiger partial charge is 0.269 e. The Morgan fingerprint density at radius 1 is 1.29 bits per heavy atom. The molecule has 11 heteroatoms. The third-order valence-electron chi connectivity index (χ3n) is 6.84. The van der Waals surface area contributed by atoms with Crippen LogP contribution in [0.15, 0.2) is 53.7 Å². The average Bonchev–Trinajstić information content (AvgIpc) is 3.45. The standard InChI is InChI=1S/C23H27FN6O3S/c1-2-28-10-8-17(19(24)14-28)21(22(25)31)29-13-18-16-9-11-30(23(16)26-12-20(18)27-29)34(32,33)15-6-4-3-5-7-15/h3-7,9,11-12,17,19,21,27H,2,8,10,13-14H2,1H3,(H2,25,31)/t17-,19+,21?/m0/s1. The summed E-state index contributed by atoms with van der Waals surface area (Å²) >= 11 is 0. The molecular formula is C23H27FN6O3S. The molecule has 3 atom stereocenters. The van der Waals surface area contributed by atoms with Gasteiger partial charge in [-0.2, -0.15) is 0 Å². The highest BCUT2D eigenvalue weighted by atomic mass is 32.2. The molecule has 0 aliphatic carbocycles. The predicted molar refractivity (Wildman–Crippen MR) is 126 cm³/mol. The second kappa shape index (κ2) is 8.64. The van der Waals surface area contributed by atoms with Gasteiger partial charge in [-0.3, -0.25) is 4.79 Å². The third-order valence-corrected chi connectivity index (χ3v) is 8.52. The van der Waals surface area contributed by atoms with Gasteiger partial charge in [0.25, 0.3) is 10.0 Å².